The Hall–Kier alpha value is -1.29. The number of sulfonamides is 1. The largest absolute Gasteiger partial charge is 0.339 e. The Labute approximate surface area is 147 Å². The van der Waals surface area contributed by atoms with Gasteiger partial charge in [0.2, 0.25) is 15.9 Å². The maximum atomic E-state index is 12.4. The molecular formula is C14H16BrN3O3S2. The minimum Gasteiger partial charge on any atom is -0.339 e. The third-order valence-corrected chi connectivity index (χ3v) is 6.61. The summed E-state index contributed by atoms with van der Waals surface area (Å²) in [5, 5.41) is 1.94. The zero-order valence-electron chi connectivity index (χ0n) is 12.6. The van der Waals surface area contributed by atoms with Crippen LogP contribution in [0.15, 0.2) is 45.3 Å². The van der Waals surface area contributed by atoms with Crippen molar-refractivity contribution in [1.82, 2.24) is 14.2 Å². The van der Waals surface area contributed by atoms with E-state index in [-0.39, 0.29) is 17.3 Å². The Bertz CT molecular complexity index is 778. The third kappa shape index (κ3) is 4.60. The molecule has 2 aromatic rings. The number of amides is 1. The van der Waals surface area contributed by atoms with Gasteiger partial charge in [0.15, 0.2) is 0 Å². The summed E-state index contributed by atoms with van der Waals surface area (Å²) in [7, 11) is -0.680. The Morgan fingerprint density at radius 3 is 2.70 bits per heavy atom. The van der Waals surface area contributed by atoms with Crippen molar-refractivity contribution in [3.8, 4) is 0 Å². The number of nitrogens with zero attached hydrogens (tertiary/aromatic N) is 3. The van der Waals surface area contributed by atoms with Gasteiger partial charge in [0, 0.05) is 41.2 Å². The highest BCUT2D eigenvalue weighted by molar-refractivity contribution is 9.10. The zero-order valence-corrected chi connectivity index (χ0v) is 15.9. The van der Waals surface area contributed by atoms with E-state index in [9.17, 15) is 13.2 Å². The van der Waals surface area contributed by atoms with E-state index in [0.29, 0.717) is 6.54 Å². The highest BCUT2D eigenvalue weighted by Crippen LogP contribution is 2.21. The van der Waals surface area contributed by atoms with Crippen molar-refractivity contribution in [2.45, 2.75) is 11.4 Å². The maximum absolute atomic E-state index is 12.4. The second-order valence-corrected chi connectivity index (χ2v) is 8.89. The van der Waals surface area contributed by atoms with E-state index in [4.69, 9.17) is 0 Å². The van der Waals surface area contributed by atoms with Crippen molar-refractivity contribution in [3.05, 3.63) is 45.3 Å². The molecule has 0 aliphatic heterocycles. The van der Waals surface area contributed by atoms with Crippen LogP contribution in [0.3, 0.4) is 0 Å². The van der Waals surface area contributed by atoms with Crippen molar-refractivity contribution in [2.75, 3.05) is 20.6 Å². The maximum Gasteiger partial charge on any atom is 0.244 e. The molecule has 0 fully saturated rings. The first-order valence-electron chi connectivity index (χ1n) is 6.64. The lowest BCUT2D eigenvalue weighted by Gasteiger charge is -2.21. The van der Waals surface area contributed by atoms with Crippen LogP contribution in [0, 0.1) is 0 Å². The summed E-state index contributed by atoms with van der Waals surface area (Å²) in [5.41, 5.74) is 0. The van der Waals surface area contributed by atoms with E-state index in [0.717, 1.165) is 13.7 Å². The van der Waals surface area contributed by atoms with E-state index in [1.807, 2.05) is 11.4 Å². The normalized spacial score (nSPS) is 11.7. The van der Waals surface area contributed by atoms with Crippen molar-refractivity contribution < 1.29 is 13.2 Å². The number of carbonyl (C=O) groups is 1. The number of hydrogen-bond donors (Lipinski definition) is 0. The molecule has 2 heterocycles. The van der Waals surface area contributed by atoms with Gasteiger partial charge < -0.3 is 4.90 Å². The Balaban J connectivity index is 2.01. The SMILES string of the molecule is CN(Cc1cc(Br)cs1)C(=O)CN(C)S(=O)(=O)c1cccnc1. The molecule has 0 saturated heterocycles. The fourth-order valence-corrected chi connectivity index (χ4v) is 4.42. The molecule has 2 aromatic heterocycles. The molecular weight excluding hydrogens is 402 g/mol. The van der Waals surface area contributed by atoms with Crippen LogP contribution >= 0.6 is 27.3 Å². The molecule has 0 N–H and O–H groups in total. The lowest BCUT2D eigenvalue weighted by Crippen LogP contribution is -2.39. The van der Waals surface area contributed by atoms with Crippen LogP contribution in [0.1, 0.15) is 4.88 Å². The van der Waals surface area contributed by atoms with Crippen LogP contribution in [-0.2, 0) is 21.4 Å². The lowest BCUT2D eigenvalue weighted by atomic mass is 10.4. The summed E-state index contributed by atoms with van der Waals surface area (Å²) < 4.78 is 26.7. The average Bonchev–Trinajstić information content (AvgIpc) is 2.93. The Morgan fingerprint density at radius 1 is 1.39 bits per heavy atom. The molecule has 6 nitrogen and oxygen atoms in total. The Kier molecular flexibility index (Phi) is 5.90. The average molecular weight is 418 g/mol. The van der Waals surface area contributed by atoms with Gasteiger partial charge in [-0.3, -0.25) is 9.78 Å². The summed E-state index contributed by atoms with van der Waals surface area (Å²) in [6.07, 6.45) is 2.76. The smallest absolute Gasteiger partial charge is 0.244 e. The number of thiophene rings is 1. The molecule has 0 aliphatic carbocycles. The quantitative estimate of drug-likeness (QED) is 0.721. The monoisotopic (exact) mass is 417 g/mol. The van der Waals surface area contributed by atoms with Gasteiger partial charge in [0.05, 0.1) is 13.1 Å². The van der Waals surface area contributed by atoms with Gasteiger partial charge in [-0.15, -0.1) is 11.3 Å². The highest BCUT2D eigenvalue weighted by Gasteiger charge is 2.24. The molecule has 0 spiro atoms. The van der Waals surface area contributed by atoms with Crippen LogP contribution in [-0.4, -0.2) is 49.2 Å². The van der Waals surface area contributed by atoms with E-state index in [1.165, 1.54) is 41.7 Å². The number of halogens is 1. The standard InChI is InChI=1S/C14H16BrN3O3S2/c1-17(8-12-6-11(15)10-22-12)14(19)9-18(2)23(20,21)13-4-3-5-16-7-13/h3-7,10H,8-9H2,1-2H3. The fourth-order valence-electron chi connectivity index (χ4n) is 1.83. The number of pyridine rings is 1. The molecule has 0 atom stereocenters. The fraction of sp³-hybridized carbons (Fsp3) is 0.286. The van der Waals surface area contributed by atoms with Crippen molar-refractivity contribution in [2.24, 2.45) is 0 Å². The first-order valence-corrected chi connectivity index (χ1v) is 9.75. The van der Waals surface area contributed by atoms with Crippen molar-refractivity contribution in [3.63, 3.8) is 0 Å². The van der Waals surface area contributed by atoms with Crippen LogP contribution in [0.4, 0.5) is 0 Å². The third-order valence-electron chi connectivity index (χ3n) is 3.14. The van der Waals surface area contributed by atoms with Gasteiger partial charge in [-0.1, -0.05) is 0 Å². The molecule has 0 aromatic carbocycles. The topological polar surface area (TPSA) is 70.6 Å². The first-order chi connectivity index (χ1) is 10.8. The Morgan fingerprint density at radius 2 is 2.13 bits per heavy atom. The minimum atomic E-state index is -3.72. The number of carbonyl (C=O) groups excluding carboxylic acids is 1. The summed E-state index contributed by atoms with van der Waals surface area (Å²) in [6.45, 7) is 0.218. The predicted molar refractivity (Wildman–Crippen MR) is 92.5 cm³/mol. The molecule has 2 rings (SSSR count). The molecule has 9 heteroatoms. The predicted octanol–water partition coefficient (Wildman–Crippen LogP) is 2.18. The van der Waals surface area contributed by atoms with Gasteiger partial charge in [0.25, 0.3) is 0 Å². The lowest BCUT2D eigenvalue weighted by molar-refractivity contribution is -0.130. The first kappa shape index (κ1) is 18.1. The van der Waals surface area contributed by atoms with Gasteiger partial charge in [-0.25, -0.2) is 8.42 Å². The molecule has 0 bridgehead atoms. The molecule has 0 saturated carbocycles. The number of hydrogen-bond acceptors (Lipinski definition) is 5. The van der Waals surface area contributed by atoms with E-state index < -0.39 is 10.0 Å². The number of rotatable bonds is 6. The molecule has 124 valence electrons. The molecule has 23 heavy (non-hydrogen) atoms. The van der Waals surface area contributed by atoms with Crippen LogP contribution in [0.2, 0.25) is 0 Å². The number of aromatic nitrogens is 1. The molecule has 0 aliphatic rings. The van der Waals surface area contributed by atoms with Crippen molar-refractivity contribution >= 4 is 43.2 Å². The van der Waals surface area contributed by atoms with Gasteiger partial charge in [0.1, 0.15) is 4.90 Å². The van der Waals surface area contributed by atoms with Crippen LogP contribution in [0.25, 0.3) is 0 Å². The summed E-state index contributed by atoms with van der Waals surface area (Å²) >= 11 is 4.90. The van der Waals surface area contributed by atoms with E-state index in [2.05, 4.69) is 20.9 Å². The second-order valence-electron chi connectivity index (χ2n) is 4.93. The summed E-state index contributed by atoms with van der Waals surface area (Å²) in [4.78, 5) is 18.6. The second kappa shape index (κ2) is 7.52. The van der Waals surface area contributed by atoms with Crippen LogP contribution in [0.5, 0.6) is 0 Å². The van der Waals surface area contributed by atoms with Gasteiger partial charge in [-0.2, -0.15) is 4.31 Å². The van der Waals surface area contributed by atoms with Crippen LogP contribution < -0.4 is 0 Å². The number of likely N-dealkylation sites (N-methyl/N-ethyl adjacent to an activating group) is 2. The van der Waals surface area contributed by atoms with Gasteiger partial charge >= 0.3 is 0 Å². The van der Waals surface area contributed by atoms with Gasteiger partial charge in [-0.05, 0) is 34.1 Å². The van der Waals surface area contributed by atoms with E-state index in [1.54, 1.807) is 13.1 Å². The summed E-state index contributed by atoms with van der Waals surface area (Å²) in [5.74, 6) is -0.274. The molecule has 0 unspecified atom stereocenters. The zero-order chi connectivity index (χ0) is 17.0. The molecule has 1 amide bonds. The van der Waals surface area contributed by atoms with E-state index >= 15 is 0 Å². The molecule has 0 radical (unpaired) electrons. The van der Waals surface area contributed by atoms with Crippen molar-refractivity contribution in [1.29, 1.82) is 0 Å². The highest BCUT2D eigenvalue weighted by atomic mass is 79.9. The minimum absolute atomic E-state index is 0.0696. The summed E-state index contributed by atoms with van der Waals surface area (Å²) in [6, 6.07) is 4.93.